The van der Waals surface area contributed by atoms with Crippen molar-refractivity contribution >= 4 is 11.6 Å². The average Bonchev–Trinajstić information content (AvgIpc) is 2.29. The smallest absolute Gasteiger partial charge is 0.120 e. The lowest BCUT2D eigenvalue weighted by Crippen LogP contribution is -2.56. The summed E-state index contributed by atoms with van der Waals surface area (Å²) in [6.07, 6.45) is 3.42. The maximum absolute atomic E-state index is 6.42. The van der Waals surface area contributed by atoms with Crippen molar-refractivity contribution < 1.29 is 4.74 Å². The summed E-state index contributed by atoms with van der Waals surface area (Å²) in [5.41, 5.74) is 2.68. The summed E-state index contributed by atoms with van der Waals surface area (Å²) >= 11 is 6.42. The molecule has 1 aliphatic rings. The zero-order valence-electron chi connectivity index (χ0n) is 11.8. The van der Waals surface area contributed by atoms with Gasteiger partial charge in [-0.3, -0.25) is 0 Å². The number of alkyl halides is 1. The number of hydrogen-bond donors (Lipinski definition) is 0. The molecule has 2 unspecified atom stereocenters. The van der Waals surface area contributed by atoms with E-state index in [9.17, 15) is 0 Å². The molecule has 1 fully saturated rings. The first kappa shape index (κ1) is 13.7. The van der Waals surface area contributed by atoms with Crippen molar-refractivity contribution in [3.63, 3.8) is 0 Å². The summed E-state index contributed by atoms with van der Waals surface area (Å²) in [4.78, 5) is 0. The number of halogens is 1. The Labute approximate surface area is 115 Å². The third kappa shape index (κ3) is 2.25. The normalized spacial score (nSPS) is 25.6. The van der Waals surface area contributed by atoms with Crippen LogP contribution in [0.4, 0.5) is 0 Å². The lowest BCUT2D eigenvalue weighted by molar-refractivity contribution is -0.0462. The van der Waals surface area contributed by atoms with Crippen molar-refractivity contribution in [3.8, 4) is 5.75 Å². The zero-order chi connectivity index (χ0) is 13.3. The second kappa shape index (κ2) is 5.13. The van der Waals surface area contributed by atoms with Crippen LogP contribution in [0.2, 0.25) is 0 Å². The van der Waals surface area contributed by atoms with E-state index in [1.165, 1.54) is 11.1 Å². The summed E-state index contributed by atoms with van der Waals surface area (Å²) in [6.45, 7) is 8.65. The molecule has 1 nitrogen and oxygen atoms in total. The summed E-state index contributed by atoms with van der Waals surface area (Å²) in [5, 5.41) is 0.267. The molecule has 0 aliphatic heterocycles. The molecule has 2 heteroatoms. The highest BCUT2D eigenvalue weighted by molar-refractivity contribution is 6.21. The van der Waals surface area contributed by atoms with Gasteiger partial charge in [-0.2, -0.15) is 0 Å². The Morgan fingerprint density at radius 2 is 1.72 bits per heavy atom. The number of aryl methyl sites for hydroxylation is 2. The summed E-state index contributed by atoms with van der Waals surface area (Å²) in [6, 6.07) is 6.40. The molecule has 0 radical (unpaired) electrons. The van der Waals surface area contributed by atoms with Gasteiger partial charge in [0, 0.05) is 17.2 Å². The van der Waals surface area contributed by atoms with E-state index in [0.29, 0.717) is 0 Å². The van der Waals surface area contributed by atoms with Crippen LogP contribution < -0.4 is 4.74 Å². The average molecular weight is 267 g/mol. The van der Waals surface area contributed by atoms with E-state index in [0.717, 1.165) is 25.0 Å². The van der Waals surface area contributed by atoms with Gasteiger partial charge in [0.05, 0.1) is 0 Å². The minimum absolute atomic E-state index is 0.166. The van der Waals surface area contributed by atoms with Gasteiger partial charge in [0.2, 0.25) is 0 Å². The highest BCUT2D eigenvalue weighted by Gasteiger charge is 2.53. The van der Waals surface area contributed by atoms with Gasteiger partial charge in [-0.05, 0) is 49.9 Å². The Balaban J connectivity index is 2.15. The predicted molar refractivity (Wildman–Crippen MR) is 77.6 cm³/mol. The maximum atomic E-state index is 6.42. The molecular weight excluding hydrogens is 244 g/mol. The second-order valence-electron chi connectivity index (χ2n) is 5.57. The van der Waals surface area contributed by atoms with Crippen LogP contribution in [0.3, 0.4) is 0 Å². The van der Waals surface area contributed by atoms with Crippen molar-refractivity contribution in [2.75, 3.05) is 0 Å². The van der Waals surface area contributed by atoms with Crippen LogP contribution in [0, 0.1) is 19.3 Å². The van der Waals surface area contributed by atoms with Gasteiger partial charge in [-0.1, -0.05) is 19.9 Å². The van der Waals surface area contributed by atoms with Crippen LogP contribution in [0.5, 0.6) is 5.75 Å². The summed E-state index contributed by atoms with van der Waals surface area (Å²) in [7, 11) is 0. The molecule has 100 valence electrons. The van der Waals surface area contributed by atoms with E-state index in [1.807, 2.05) is 0 Å². The first-order valence-electron chi connectivity index (χ1n) is 6.91. The standard InChI is InChI=1S/C16H23ClO/c1-5-16(6-2)14(17)10-15(16)18-13-8-11(3)7-12(4)9-13/h7-9,14-15H,5-6,10H2,1-4H3. The van der Waals surface area contributed by atoms with Gasteiger partial charge < -0.3 is 4.74 Å². The Morgan fingerprint density at radius 1 is 1.17 bits per heavy atom. The van der Waals surface area contributed by atoms with Crippen LogP contribution in [-0.4, -0.2) is 11.5 Å². The summed E-state index contributed by atoms with van der Waals surface area (Å²) in [5.74, 6) is 0.993. The fourth-order valence-corrected chi connectivity index (χ4v) is 3.79. The molecule has 0 saturated heterocycles. The molecule has 1 aromatic carbocycles. The van der Waals surface area contributed by atoms with E-state index in [-0.39, 0.29) is 16.9 Å². The molecule has 1 saturated carbocycles. The number of benzene rings is 1. The molecule has 0 N–H and O–H groups in total. The highest BCUT2D eigenvalue weighted by Crippen LogP contribution is 2.51. The molecule has 0 amide bonds. The third-order valence-electron chi connectivity index (χ3n) is 4.48. The Kier molecular flexibility index (Phi) is 3.91. The molecule has 0 spiro atoms. The maximum Gasteiger partial charge on any atom is 0.120 e. The van der Waals surface area contributed by atoms with Gasteiger partial charge >= 0.3 is 0 Å². The molecular formula is C16H23ClO. The fourth-order valence-electron chi connectivity index (χ4n) is 3.18. The minimum atomic E-state index is 0.166. The van der Waals surface area contributed by atoms with Gasteiger partial charge in [0.25, 0.3) is 0 Å². The number of rotatable bonds is 4. The summed E-state index contributed by atoms with van der Waals surface area (Å²) < 4.78 is 6.20. The Morgan fingerprint density at radius 3 is 2.17 bits per heavy atom. The number of ether oxygens (including phenoxy) is 1. The van der Waals surface area contributed by atoms with Crippen LogP contribution in [-0.2, 0) is 0 Å². The first-order valence-corrected chi connectivity index (χ1v) is 7.34. The van der Waals surface area contributed by atoms with E-state index >= 15 is 0 Å². The zero-order valence-corrected chi connectivity index (χ0v) is 12.6. The first-order chi connectivity index (χ1) is 8.51. The molecule has 0 heterocycles. The molecule has 0 bridgehead atoms. The second-order valence-corrected chi connectivity index (χ2v) is 6.10. The van der Waals surface area contributed by atoms with Gasteiger partial charge in [0.1, 0.15) is 11.9 Å². The lowest BCUT2D eigenvalue weighted by Gasteiger charge is -2.52. The molecule has 1 aromatic rings. The van der Waals surface area contributed by atoms with Crippen molar-refractivity contribution in [3.05, 3.63) is 29.3 Å². The molecule has 2 atom stereocenters. The van der Waals surface area contributed by atoms with Crippen molar-refractivity contribution in [1.29, 1.82) is 0 Å². The van der Waals surface area contributed by atoms with Crippen LogP contribution in [0.15, 0.2) is 18.2 Å². The molecule has 1 aliphatic carbocycles. The predicted octanol–water partition coefficient (Wildman–Crippen LogP) is 4.87. The van der Waals surface area contributed by atoms with Crippen LogP contribution >= 0.6 is 11.6 Å². The van der Waals surface area contributed by atoms with Gasteiger partial charge in [-0.25, -0.2) is 0 Å². The highest BCUT2D eigenvalue weighted by atomic mass is 35.5. The van der Waals surface area contributed by atoms with E-state index in [4.69, 9.17) is 16.3 Å². The number of hydrogen-bond acceptors (Lipinski definition) is 1. The van der Waals surface area contributed by atoms with Crippen molar-refractivity contribution in [2.24, 2.45) is 5.41 Å². The monoisotopic (exact) mass is 266 g/mol. The Hall–Kier alpha value is -0.690. The van der Waals surface area contributed by atoms with E-state index in [2.05, 4.69) is 45.9 Å². The van der Waals surface area contributed by atoms with Gasteiger partial charge in [-0.15, -0.1) is 11.6 Å². The molecule has 2 rings (SSSR count). The SMILES string of the molecule is CCC1(CC)C(Cl)CC1Oc1cc(C)cc(C)c1. The quantitative estimate of drug-likeness (QED) is 0.707. The Bertz CT molecular complexity index is 403. The van der Waals surface area contributed by atoms with Crippen molar-refractivity contribution in [1.82, 2.24) is 0 Å². The fraction of sp³-hybridized carbons (Fsp3) is 0.625. The topological polar surface area (TPSA) is 9.23 Å². The van der Waals surface area contributed by atoms with Crippen molar-refractivity contribution in [2.45, 2.75) is 58.4 Å². The van der Waals surface area contributed by atoms with E-state index in [1.54, 1.807) is 0 Å². The van der Waals surface area contributed by atoms with Crippen LogP contribution in [0.1, 0.15) is 44.2 Å². The molecule has 0 aromatic heterocycles. The van der Waals surface area contributed by atoms with E-state index < -0.39 is 0 Å². The lowest BCUT2D eigenvalue weighted by atomic mass is 9.62. The molecule has 18 heavy (non-hydrogen) atoms. The largest absolute Gasteiger partial charge is 0.490 e. The minimum Gasteiger partial charge on any atom is -0.490 e. The third-order valence-corrected chi connectivity index (χ3v) is 5.09. The van der Waals surface area contributed by atoms with Gasteiger partial charge in [0.15, 0.2) is 0 Å². The van der Waals surface area contributed by atoms with Crippen LogP contribution in [0.25, 0.3) is 0 Å².